The summed E-state index contributed by atoms with van der Waals surface area (Å²) in [6.07, 6.45) is 0. The standard InChI is InChI=1S/C23H31N3O3/c1-17-5-4-6-18(2)22(17)29-14-11-24-23(27)25-21-9-7-20(8-10-21)19(3)26-12-15-28-16-13-26/h4-10,19H,11-16H2,1-3H3,(H2,24,25,27). The summed E-state index contributed by atoms with van der Waals surface area (Å²) >= 11 is 0. The molecule has 2 aromatic carbocycles. The first-order chi connectivity index (χ1) is 14.0. The summed E-state index contributed by atoms with van der Waals surface area (Å²) in [6, 6.07) is 14.2. The molecule has 6 nitrogen and oxygen atoms in total. The highest BCUT2D eigenvalue weighted by molar-refractivity contribution is 5.89. The van der Waals surface area contributed by atoms with Gasteiger partial charge in [0.2, 0.25) is 0 Å². The number of carbonyl (C=O) groups is 1. The van der Waals surface area contributed by atoms with Crippen LogP contribution in [0.4, 0.5) is 10.5 Å². The number of anilines is 1. The largest absolute Gasteiger partial charge is 0.491 e. The SMILES string of the molecule is Cc1cccc(C)c1OCCNC(=O)Nc1ccc(C(C)N2CCOCC2)cc1. The minimum atomic E-state index is -0.232. The van der Waals surface area contributed by atoms with Crippen LogP contribution >= 0.6 is 0 Å². The Morgan fingerprint density at radius 2 is 1.76 bits per heavy atom. The van der Waals surface area contributed by atoms with Crippen LogP contribution in [0.3, 0.4) is 0 Å². The molecule has 1 saturated heterocycles. The van der Waals surface area contributed by atoms with E-state index in [1.807, 2.05) is 44.2 Å². The lowest BCUT2D eigenvalue weighted by Gasteiger charge is -2.32. The number of carbonyl (C=O) groups excluding carboxylic acids is 1. The zero-order chi connectivity index (χ0) is 20.6. The lowest BCUT2D eigenvalue weighted by atomic mass is 10.1. The van der Waals surface area contributed by atoms with E-state index in [-0.39, 0.29) is 6.03 Å². The molecule has 2 amide bonds. The maximum absolute atomic E-state index is 12.1. The number of amides is 2. The van der Waals surface area contributed by atoms with Gasteiger partial charge in [-0.3, -0.25) is 4.90 Å². The van der Waals surface area contributed by atoms with Gasteiger partial charge in [-0.1, -0.05) is 30.3 Å². The van der Waals surface area contributed by atoms with E-state index in [0.717, 1.165) is 48.9 Å². The van der Waals surface area contributed by atoms with Gasteiger partial charge < -0.3 is 20.1 Å². The van der Waals surface area contributed by atoms with Gasteiger partial charge in [-0.2, -0.15) is 0 Å². The van der Waals surface area contributed by atoms with Crippen molar-refractivity contribution in [2.45, 2.75) is 26.8 Å². The Morgan fingerprint density at radius 3 is 2.41 bits per heavy atom. The topological polar surface area (TPSA) is 62.8 Å². The summed E-state index contributed by atoms with van der Waals surface area (Å²) < 4.78 is 11.2. The van der Waals surface area contributed by atoms with Crippen molar-refractivity contribution in [1.82, 2.24) is 10.2 Å². The second-order valence-corrected chi connectivity index (χ2v) is 7.40. The molecule has 0 aliphatic carbocycles. The van der Waals surface area contributed by atoms with Crippen LogP contribution in [0, 0.1) is 13.8 Å². The van der Waals surface area contributed by atoms with Crippen molar-refractivity contribution in [3.8, 4) is 5.75 Å². The highest BCUT2D eigenvalue weighted by Gasteiger charge is 2.18. The van der Waals surface area contributed by atoms with Gasteiger partial charge in [0.05, 0.1) is 19.8 Å². The molecule has 0 bridgehead atoms. The number of hydrogen-bond acceptors (Lipinski definition) is 4. The Hall–Kier alpha value is -2.57. The maximum atomic E-state index is 12.1. The number of morpholine rings is 1. The molecule has 6 heteroatoms. The predicted molar refractivity (Wildman–Crippen MR) is 116 cm³/mol. The molecule has 0 saturated carbocycles. The number of para-hydroxylation sites is 1. The summed E-state index contributed by atoms with van der Waals surface area (Å²) in [6.45, 7) is 10.6. The minimum Gasteiger partial charge on any atom is -0.491 e. The number of rotatable bonds is 7. The van der Waals surface area contributed by atoms with Gasteiger partial charge in [-0.15, -0.1) is 0 Å². The average Bonchev–Trinajstić information content (AvgIpc) is 2.73. The number of ether oxygens (including phenoxy) is 2. The van der Waals surface area contributed by atoms with E-state index in [4.69, 9.17) is 9.47 Å². The molecule has 1 aliphatic rings. The summed E-state index contributed by atoms with van der Waals surface area (Å²) in [5.41, 5.74) is 4.21. The first kappa shape index (κ1) is 21.1. The smallest absolute Gasteiger partial charge is 0.319 e. The second-order valence-electron chi connectivity index (χ2n) is 7.40. The van der Waals surface area contributed by atoms with Crippen molar-refractivity contribution >= 4 is 11.7 Å². The number of hydrogen-bond donors (Lipinski definition) is 2. The number of benzene rings is 2. The van der Waals surface area contributed by atoms with Crippen LogP contribution in [0.2, 0.25) is 0 Å². The predicted octanol–water partition coefficient (Wildman–Crippen LogP) is 3.90. The molecule has 1 heterocycles. The van der Waals surface area contributed by atoms with E-state index in [0.29, 0.717) is 19.2 Å². The molecule has 1 atom stereocenters. The van der Waals surface area contributed by atoms with Gasteiger partial charge in [0.1, 0.15) is 12.4 Å². The fraction of sp³-hybridized carbons (Fsp3) is 0.435. The minimum absolute atomic E-state index is 0.232. The van der Waals surface area contributed by atoms with Crippen LogP contribution in [-0.2, 0) is 4.74 Å². The van der Waals surface area contributed by atoms with Crippen LogP contribution in [0.25, 0.3) is 0 Å². The number of nitrogens with one attached hydrogen (secondary N) is 2. The van der Waals surface area contributed by atoms with E-state index >= 15 is 0 Å². The fourth-order valence-corrected chi connectivity index (χ4v) is 3.54. The van der Waals surface area contributed by atoms with E-state index in [2.05, 4.69) is 34.6 Å². The van der Waals surface area contributed by atoms with E-state index in [9.17, 15) is 4.79 Å². The van der Waals surface area contributed by atoms with Gasteiger partial charge in [0, 0.05) is 24.8 Å². The second kappa shape index (κ2) is 10.3. The zero-order valence-corrected chi connectivity index (χ0v) is 17.5. The van der Waals surface area contributed by atoms with Gasteiger partial charge in [-0.05, 0) is 49.6 Å². The van der Waals surface area contributed by atoms with Gasteiger partial charge in [0.15, 0.2) is 0 Å². The van der Waals surface area contributed by atoms with Crippen LogP contribution in [0.5, 0.6) is 5.75 Å². The Morgan fingerprint density at radius 1 is 1.10 bits per heavy atom. The molecule has 0 radical (unpaired) electrons. The highest BCUT2D eigenvalue weighted by Crippen LogP contribution is 2.23. The zero-order valence-electron chi connectivity index (χ0n) is 17.5. The summed E-state index contributed by atoms with van der Waals surface area (Å²) in [4.78, 5) is 14.5. The highest BCUT2D eigenvalue weighted by atomic mass is 16.5. The Labute approximate surface area is 173 Å². The monoisotopic (exact) mass is 397 g/mol. The molecular formula is C23H31N3O3. The van der Waals surface area contributed by atoms with E-state index < -0.39 is 0 Å². The number of urea groups is 1. The lowest BCUT2D eigenvalue weighted by Crippen LogP contribution is -2.38. The van der Waals surface area contributed by atoms with Gasteiger partial charge >= 0.3 is 6.03 Å². The van der Waals surface area contributed by atoms with Crippen molar-refractivity contribution in [3.63, 3.8) is 0 Å². The summed E-state index contributed by atoms with van der Waals surface area (Å²) in [7, 11) is 0. The van der Waals surface area contributed by atoms with E-state index in [1.165, 1.54) is 5.56 Å². The normalized spacial score (nSPS) is 15.6. The molecule has 2 aromatic rings. The van der Waals surface area contributed by atoms with Crippen molar-refractivity contribution < 1.29 is 14.3 Å². The quantitative estimate of drug-likeness (QED) is 0.696. The van der Waals surface area contributed by atoms with Gasteiger partial charge in [-0.25, -0.2) is 4.79 Å². The van der Waals surface area contributed by atoms with Crippen LogP contribution < -0.4 is 15.4 Å². The fourth-order valence-electron chi connectivity index (χ4n) is 3.54. The molecule has 1 aliphatic heterocycles. The molecule has 1 unspecified atom stereocenters. The molecule has 0 aromatic heterocycles. The molecule has 156 valence electrons. The van der Waals surface area contributed by atoms with Gasteiger partial charge in [0.25, 0.3) is 0 Å². The maximum Gasteiger partial charge on any atom is 0.319 e. The Bertz CT molecular complexity index is 781. The Balaban J connectivity index is 1.42. The number of aryl methyl sites for hydroxylation is 2. The third kappa shape index (κ3) is 5.95. The third-order valence-electron chi connectivity index (χ3n) is 5.29. The average molecular weight is 398 g/mol. The van der Waals surface area contributed by atoms with Crippen LogP contribution in [-0.4, -0.2) is 50.4 Å². The molecule has 0 spiro atoms. The number of nitrogens with zero attached hydrogens (tertiary/aromatic N) is 1. The first-order valence-corrected chi connectivity index (χ1v) is 10.2. The molecule has 1 fully saturated rings. The van der Waals surface area contributed by atoms with Crippen molar-refractivity contribution in [2.24, 2.45) is 0 Å². The summed E-state index contributed by atoms with van der Waals surface area (Å²) in [5.74, 6) is 0.889. The first-order valence-electron chi connectivity index (χ1n) is 10.2. The lowest BCUT2D eigenvalue weighted by molar-refractivity contribution is 0.0198. The third-order valence-corrected chi connectivity index (χ3v) is 5.29. The molecular weight excluding hydrogens is 366 g/mol. The Kier molecular flexibility index (Phi) is 7.49. The van der Waals surface area contributed by atoms with E-state index in [1.54, 1.807) is 0 Å². The van der Waals surface area contributed by atoms with Crippen LogP contribution in [0.1, 0.15) is 29.7 Å². The van der Waals surface area contributed by atoms with Crippen molar-refractivity contribution in [1.29, 1.82) is 0 Å². The summed E-state index contributed by atoms with van der Waals surface area (Å²) in [5, 5.41) is 5.70. The van der Waals surface area contributed by atoms with Crippen molar-refractivity contribution in [2.75, 3.05) is 44.8 Å². The molecule has 29 heavy (non-hydrogen) atoms. The molecule has 3 rings (SSSR count). The molecule has 2 N–H and O–H groups in total. The van der Waals surface area contributed by atoms with Crippen LogP contribution in [0.15, 0.2) is 42.5 Å². The van der Waals surface area contributed by atoms with Crippen molar-refractivity contribution in [3.05, 3.63) is 59.2 Å².